The summed E-state index contributed by atoms with van der Waals surface area (Å²) in [6, 6.07) is 0. The molecule has 0 fully saturated rings. The van der Waals surface area contributed by atoms with Crippen LogP contribution in [0, 0.1) is 0 Å². The molecule has 0 saturated heterocycles. The van der Waals surface area contributed by atoms with Gasteiger partial charge in [0.1, 0.15) is 13.2 Å². The highest BCUT2D eigenvalue weighted by atomic mass is 16.6. The fourth-order valence-corrected chi connectivity index (χ4v) is 8.44. The van der Waals surface area contributed by atoms with Crippen molar-refractivity contribution < 1.29 is 28.6 Å². The molecule has 0 radical (unpaired) electrons. The van der Waals surface area contributed by atoms with Gasteiger partial charge in [0.2, 0.25) is 0 Å². The van der Waals surface area contributed by atoms with Gasteiger partial charge in [-0.3, -0.25) is 14.4 Å². The first-order chi connectivity index (χ1) is 31.5. The van der Waals surface area contributed by atoms with Crippen molar-refractivity contribution in [2.75, 3.05) is 13.2 Å². The number of hydrogen-bond acceptors (Lipinski definition) is 6. The lowest BCUT2D eigenvalue weighted by Crippen LogP contribution is -2.30. The number of esters is 3. The lowest BCUT2D eigenvalue weighted by Gasteiger charge is -2.18. The van der Waals surface area contributed by atoms with E-state index in [0.717, 1.165) is 57.8 Å². The van der Waals surface area contributed by atoms with Gasteiger partial charge in [0.15, 0.2) is 6.10 Å². The average Bonchev–Trinajstić information content (AvgIpc) is 3.29. The Morgan fingerprint density at radius 2 is 0.547 bits per heavy atom. The zero-order chi connectivity index (χ0) is 46.5. The van der Waals surface area contributed by atoms with E-state index in [2.05, 4.69) is 45.1 Å². The summed E-state index contributed by atoms with van der Waals surface area (Å²) in [7, 11) is 0. The van der Waals surface area contributed by atoms with Gasteiger partial charge in [0, 0.05) is 19.3 Å². The summed E-state index contributed by atoms with van der Waals surface area (Å²) in [5.41, 5.74) is 0. The van der Waals surface area contributed by atoms with Crippen LogP contribution < -0.4 is 0 Å². The third kappa shape index (κ3) is 50.9. The molecule has 0 aromatic heterocycles. The molecule has 0 saturated carbocycles. The maximum Gasteiger partial charge on any atom is 0.306 e. The van der Waals surface area contributed by atoms with Crippen molar-refractivity contribution in [2.45, 2.75) is 316 Å². The normalized spacial score (nSPS) is 12.1. The van der Waals surface area contributed by atoms with Crippen molar-refractivity contribution in [1.29, 1.82) is 0 Å². The van der Waals surface area contributed by atoms with Crippen LogP contribution in [0.3, 0.4) is 0 Å². The van der Waals surface area contributed by atoms with Crippen LogP contribution in [0.15, 0.2) is 24.3 Å². The first kappa shape index (κ1) is 61.9. The summed E-state index contributed by atoms with van der Waals surface area (Å²) in [6.07, 6.45) is 61.7. The molecule has 376 valence electrons. The maximum atomic E-state index is 12.8. The van der Waals surface area contributed by atoms with Gasteiger partial charge in [-0.15, -0.1) is 0 Å². The van der Waals surface area contributed by atoms with Crippen molar-refractivity contribution >= 4 is 17.9 Å². The van der Waals surface area contributed by atoms with E-state index < -0.39 is 6.10 Å². The summed E-state index contributed by atoms with van der Waals surface area (Å²) < 4.78 is 16.8. The van der Waals surface area contributed by atoms with Crippen LogP contribution in [0.25, 0.3) is 0 Å². The average molecular weight is 901 g/mol. The van der Waals surface area contributed by atoms with Crippen molar-refractivity contribution in [1.82, 2.24) is 0 Å². The Labute approximate surface area is 398 Å². The van der Waals surface area contributed by atoms with Gasteiger partial charge >= 0.3 is 17.9 Å². The van der Waals surface area contributed by atoms with E-state index in [1.807, 2.05) is 0 Å². The van der Waals surface area contributed by atoms with Gasteiger partial charge in [-0.1, -0.05) is 270 Å². The second-order valence-electron chi connectivity index (χ2n) is 19.2. The highest BCUT2D eigenvalue weighted by Crippen LogP contribution is 2.17. The molecule has 0 amide bonds. The Bertz CT molecular complexity index is 1040. The summed E-state index contributed by atoms with van der Waals surface area (Å²) in [5.74, 6) is -0.854. The van der Waals surface area contributed by atoms with Gasteiger partial charge in [0.25, 0.3) is 0 Å². The quantitative estimate of drug-likeness (QED) is 0.0262. The van der Waals surface area contributed by atoms with E-state index in [-0.39, 0.29) is 31.1 Å². The monoisotopic (exact) mass is 901 g/mol. The van der Waals surface area contributed by atoms with Crippen LogP contribution in [0.1, 0.15) is 310 Å². The first-order valence-electron chi connectivity index (χ1n) is 28.4. The van der Waals surface area contributed by atoms with E-state index >= 15 is 0 Å². The Morgan fingerprint density at radius 1 is 0.312 bits per heavy atom. The maximum absolute atomic E-state index is 12.8. The Hall–Kier alpha value is -2.11. The molecule has 0 rings (SSSR count). The number of carbonyl (C=O) groups is 3. The van der Waals surface area contributed by atoms with Crippen LogP contribution in [-0.2, 0) is 28.6 Å². The second-order valence-corrected chi connectivity index (χ2v) is 19.2. The van der Waals surface area contributed by atoms with Gasteiger partial charge in [-0.25, -0.2) is 0 Å². The summed E-state index contributed by atoms with van der Waals surface area (Å²) in [4.78, 5) is 38.0. The molecule has 0 N–H and O–H groups in total. The minimum atomic E-state index is -0.766. The molecule has 1 unspecified atom stereocenters. The van der Waals surface area contributed by atoms with E-state index in [4.69, 9.17) is 14.2 Å². The van der Waals surface area contributed by atoms with Gasteiger partial charge in [0.05, 0.1) is 0 Å². The summed E-state index contributed by atoms with van der Waals surface area (Å²) in [6.45, 7) is 6.64. The molecule has 0 bridgehead atoms. The van der Waals surface area contributed by atoms with E-state index in [0.29, 0.717) is 19.3 Å². The van der Waals surface area contributed by atoms with Crippen LogP contribution >= 0.6 is 0 Å². The summed E-state index contributed by atoms with van der Waals surface area (Å²) in [5, 5.41) is 0. The second kappa shape index (κ2) is 53.5. The lowest BCUT2D eigenvalue weighted by atomic mass is 10.0. The first-order valence-corrected chi connectivity index (χ1v) is 28.4. The van der Waals surface area contributed by atoms with Gasteiger partial charge < -0.3 is 14.2 Å². The number of ether oxygens (including phenoxy) is 3. The van der Waals surface area contributed by atoms with Crippen LogP contribution in [0.4, 0.5) is 0 Å². The molecule has 0 spiro atoms. The number of rotatable bonds is 52. The highest BCUT2D eigenvalue weighted by molar-refractivity contribution is 5.71. The number of unbranched alkanes of at least 4 members (excludes halogenated alkanes) is 38. The summed E-state index contributed by atoms with van der Waals surface area (Å²) >= 11 is 0. The molecule has 0 aliphatic carbocycles. The van der Waals surface area contributed by atoms with E-state index in [1.54, 1.807) is 0 Å². The standard InChI is InChI=1S/C58H108O6/c1-4-7-10-13-16-19-21-23-25-27-29-31-32-34-36-39-42-45-48-51-57(60)63-54-55(53-62-56(59)50-47-44-41-38-18-15-12-9-6-3)64-58(61)52-49-46-43-40-37-35-33-30-28-26-24-22-20-17-14-11-8-5-2/h16,19,21,23,55H,4-15,17-18,20,22,24-54H2,1-3H3/b19-16-,23-21-. The van der Waals surface area contributed by atoms with E-state index in [9.17, 15) is 14.4 Å². The molecule has 6 heteroatoms. The predicted molar refractivity (Wildman–Crippen MR) is 275 cm³/mol. The largest absolute Gasteiger partial charge is 0.462 e. The Balaban J connectivity index is 4.24. The molecule has 0 aromatic carbocycles. The van der Waals surface area contributed by atoms with Crippen molar-refractivity contribution in [3.05, 3.63) is 24.3 Å². The zero-order valence-corrected chi connectivity index (χ0v) is 43.1. The molecule has 6 nitrogen and oxygen atoms in total. The minimum Gasteiger partial charge on any atom is -0.462 e. The van der Waals surface area contributed by atoms with E-state index in [1.165, 1.54) is 212 Å². The molecular weight excluding hydrogens is 793 g/mol. The lowest BCUT2D eigenvalue weighted by molar-refractivity contribution is -0.167. The number of hydrogen-bond donors (Lipinski definition) is 0. The predicted octanol–water partition coefficient (Wildman–Crippen LogP) is 18.7. The fraction of sp³-hybridized carbons (Fsp3) is 0.879. The van der Waals surface area contributed by atoms with Crippen molar-refractivity contribution in [2.24, 2.45) is 0 Å². The molecule has 64 heavy (non-hydrogen) atoms. The topological polar surface area (TPSA) is 78.9 Å². The smallest absolute Gasteiger partial charge is 0.306 e. The zero-order valence-electron chi connectivity index (χ0n) is 43.1. The number of carbonyl (C=O) groups excluding carboxylic acids is 3. The molecule has 0 aromatic rings. The SMILES string of the molecule is CCCCC/C=C\C=C/CCCCCCCCCCCCC(=O)OCC(COC(=O)CCCCCCCCCCC)OC(=O)CCCCCCCCCCCCCCCCCCCC. The van der Waals surface area contributed by atoms with Crippen molar-refractivity contribution in [3.63, 3.8) is 0 Å². The minimum absolute atomic E-state index is 0.0672. The fourth-order valence-electron chi connectivity index (χ4n) is 8.44. The third-order valence-corrected chi connectivity index (χ3v) is 12.7. The van der Waals surface area contributed by atoms with Crippen molar-refractivity contribution in [3.8, 4) is 0 Å². The molecule has 0 aliphatic heterocycles. The number of allylic oxidation sites excluding steroid dienone is 4. The molecular formula is C58H108O6. The highest BCUT2D eigenvalue weighted by Gasteiger charge is 2.19. The van der Waals surface area contributed by atoms with Crippen LogP contribution in [0.2, 0.25) is 0 Å². The van der Waals surface area contributed by atoms with Gasteiger partial charge in [-0.05, 0) is 44.9 Å². The molecule has 0 aliphatic rings. The van der Waals surface area contributed by atoms with Crippen LogP contribution in [-0.4, -0.2) is 37.2 Å². The Kier molecular flexibility index (Phi) is 51.7. The van der Waals surface area contributed by atoms with Crippen LogP contribution in [0.5, 0.6) is 0 Å². The van der Waals surface area contributed by atoms with Gasteiger partial charge in [-0.2, -0.15) is 0 Å². The molecule has 0 heterocycles. The Morgan fingerprint density at radius 3 is 0.859 bits per heavy atom. The molecule has 1 atom stereocenters. The third-order valence-electron chi connectivity index (χ3n) is 12.7.